The molecule has 3 rings (SSSR count). The molecule has 0 fully saturated rings. The number of amides is 1. The van der Waals surface area contributed by atoms with Crippen molar-refractivity contribution >= 4 is 34.8 Å². The molecule has 1 heterocycles. The Morgan fingerprint density at radius 2 is 1.75 bits per heavy atom. The van der Waals surface area contributed by atoms with Crippen molar-refractivity contribution in [2.45, 2.75) is 6.92 Å². The van der Waals surface area contributed by atoms with Crippen molar-refractivity contribution in [1.82, 2.24) is 9.97 Å². The van der Waals surface area contributed by atoms with Crippen LogP contribution in [0.15, 0.2) is 48.5 Å². The van der Waals surface area contributed by atoms with Gasteiger partial charge < -0.3 is 20.1 Å². The SMILES string of the molecule is COc1ccc(Nc2nc(C)cc(C(=O)Nc3cccc(Cl)c3)n2)cc1OC. The number of ether oxygens (including phenoxy) is 2. The molecule has 2 N–H and O–H groups in total. The van der Waals surface area contributed by atoms with E-state index in [2.05, 4.69) is 20.6 Å². The van der Waals surface area contributed by atoms with Crippen LogP contribution >= 0.6 is 11.6 Å². The van der Waals surface area contributed by atoms with Crippen LogP contribution in [0.2, 0.25) is 5.02 Å². The summed E-state index contributed by atoms with van der Waals surface area (Å²) in [4.78, 5) is 21.2. The Hall–Kier alpha value is -3.32. The summed E-state index contributed by atoms with van der Waals surface area (Å²) in [5.41, 5.74) is 2.16. The maximum atomic E-state index is 12.6. The van der Waals surface area contributed by atoms with Crippen LogP contribution in [0.3, 0.4) is 0 Å². The third-order valence-corrected chi connectivity index (χ3v) is 4.04. The largest absolute Gasteiger partial charge is 0.493 e. The maximum absolute atomic E-state index is 12.6. The number of nitrogens with zero attached hydrogens (tertiary/aromatic N) is 2. The lowest BCUT2D eigenvalue weighted by Gasteiger charge is -2.12. The van der Waals surface area contributed by atoms with E-state index in [1.165, 1.54) is 0 Å². The number of carbonyl (C=O) groups excluding carboxylic acids is 1. The molecular formula is C20H19ClN4O3. The molecule has 0 aliphatic rings. The Balaban J connectivity index is 1.82. The summed E-state index contributed by atoms with van der Waals surface area (Å²) in [7, 11) is 3.13. The quantitative estimate of drug-likeness (QED) is 0.638. The minimum Gasteiger partial charge on any atom is -0.493 e. The van der Waals surface area contributed by atoms with Crippen LogP contribution in [0.4, 0.5) is 17.3 Å². The van der Waals surface area contributed by atoms with Crippen molar-refractivity contribution in [1.29, 1.82) is 0 Å². The van der Waals surface area contributed by atoms with Crippen molar-refractivity contribution in [3.63, 3.8) is 0 Å². The van der Waals surface area contributed by atoms with Gasteiger partial charge in [-0.15, -0.1) is 0 Å². The molecule has 0 saturated heterocycles. The molecule has 0 saturated carbocycles. The lowest BCUT2D eigenvalue weighted by molar-refractivity contribution is 0.102. The summed E-state index contributed by atoms with van der Waals surface area (Å²) in [5.74, 6) is 1.12. The van der Waals surface area contributed by atoms with Gasteiger partial charge in [0.1, 0.15) is 5.69 Å². The van der Waals surface area contributed by atoms with Gasteiger partial charge in [-0.1, -0.05) is 17.7 Å². The fourth-order valence-corrected chi connectivity index (χ4v) is 2.74. The average Bonchev–Trinajstić information content (AvgIpc) is 2.67. The molecule has 0 aliphatic heterocycles. The molecule has 3 aromatic rings. The molecule has 28 heavy (non-hydrogen) atoms. The second-order valence-electron chi connectivity index (χ2n) is 5.88. The van der Waals surface area contributed by atoms with Gasteiger partial charge in [-0.05, 0) is 43.3 Å². The highest BCUT2D eigenvalue weighted by Crippen LogP contribution is 2.30. The molecule has 1 aromatic heterocycles. The van der Waals surface area contributed by atoms with Crippen molar-refractivity contribution in [3.05, 3.63) is 64.9 Å². The topological polar surface area (TPSA) is 85.4 Å². The van der Waals surface area contributed by atoms with Gasteiger partial charge in [-0.2, -0.15) is 0 Å². The highest BCUT2D eigenvalue weighted by Gasteiger charge is 2.12. The van der Waals surface area contributed by atoms with E-state index >= 15 is 0 Å². The van der Waals surface area contributed by atoms with Crippen LogP contribution in [-0.4, -0.2) is 30.1 Å². The number of aromatic nitrogens is 2. The summed E-state index contributed by atoms with van der Waals surface area (Å²) in [6, 6.07) is 13.8. The molecule has 8 heteroatoms. The Bertz CT molecular complexity index is 1010. The zero-order valence-corrected chi connectivity index (χ0v) is 16.4. The molecule has 0 atom stereocenters. The fraction of sp³-hybridized carbons (Fsp3) is 0.150. The molecule has 0 aliphatic carbocycles. The Morgan fingerprint density at radius 3 is 2.46 bits per heavy atom. The Labute approximate surface area is 167 Å². The predicted molar refractivity (Wildman–Crippen MR) is 109 cm³/mol. The lowest BCUT2D eigenvalue weighted by Crippen LogP contribution is -2.15. The maximum Gasteiger partial charge on any atom is 0.274 e. The molecule has 7 nitrogen and oxygen atoms in total. The van der Waals surface area contributed by atoms with E-state index in [-0.39, 0.29) is 11.6 Å². The second-order valence-corrected chi connectivity index (χ2v) is 6.31. The van der Waals surface area contributed by atoms with Crippen LogP contribution in [0.1, 0.15) is 16.2 Å². The van der Waals surface area contributed by atoms with E-state index < -0.39 is 0 Å². The van der Waals surface area contributed by atoms with Gasteiger partial charge in [0.25, 0.3) is 5.91 Å². The number of carbonyl (C=O) groups is 1. The van der Waals surface area contributed by atoms with Gasteiger partial charge in [0.2, 0.25) is 5.95 Å². The average molecular weight is 399 g/mol. The summed E-state index contributed by atoms with van der Waals surface area (Å²) in [6.07, 6.45) is 0. The van der Waals surface area contributed by atoms with E-state index in [4.69, 9.17) is 21.1 Å². The van der Waals surface area contributed by atoms with Gasteiger partial charge in [0.05, 0.1) is 14.2 Å². The van der Waals surface area contributed by atoms with Crippen LogP contribution in [0.5, 0.6) is 11.5 Å². The minimum absolute atomic E-state index is 0.232. The minimum atomic E-state index is -0.358. The summed E-state index contributed by atoms with van der Waals surface area (Å²) in [6.45, 7) is 1.79. The van der Waals surface area contributed by atoms with E-state index in [9.17, 15) is 4.79 Å². The molecule has 0 spiro atoms. The summed E-state index contributed by atoms with van der Waals surface area (Å²) < 4.78 is 10.5. The highest BCUT2D eigenvalue weighted by molar-refractivity contribution is 6.30. The van der Waals surface area contributed by atoms with Gasteiger partial charge >= 0.3 is 0 Å². The predicted octanol–water partition coefficient (Wildman–Crippen LogP) is 4.45. The standard InChI is InChI=1S/C20H19ClN4O3/c1-12-9-16(19(26)23-14-6-4-5-13(21)10-14)25-20(22-12)24-15-7-8-17(27-2)18(11-15)28-3/h4-11H,1-3H3,(H,23,26)(H,22,24,25). The van der Waals surface area contributed by atoms with Crippen molar-refractivity contribution in [2.75, 3.05) is 24.9 Å². The smallest absolute Gasteiger partial charge is 0.274 e. The Morgan fingerprint density at radius 1 is 0.964 bits per heavy atom. The van der Waals surface area contributed by atoms with E-state index in [1.54, 1.807) is 69.7 Å². The number of methoxy groups -OCH3 is 2. The number of hydrogen-bond donors (Lipinski definition) is 2. The molecule has 1 amide bonds. The van der Waals surface area contributed by atoms with Crippen molar-refractivity contribution < 1.29 is 14.3 Å². The first-order chi connectivity index (χ1) is 13.5. The zero-order chi connectivity index (χ0) is 20.1. The number of rotatable bonds is 6. The number of benzene rings is 2. The van der Waals surface area contributed by atoms with Gasteiger partial charge in [-0.25, -0.2) is 9.97 Å². The van der Waals surface area contributed by atoms with E-state index in [0.29, 0.717) is 39.5 Å². The van der Waals surface area contributed by atoms with E-state index in [1.807, 2.05) is 0 Å². The number of halogens is 1. The normalized spacial score (nSPS) is 10.3. The molecule has 144 valence electrons. The number of hydrogen-bond acceptors (Lipinski definition) is 6. The molecule has 0 bridgehead atoms. The first kappa shape index (κ1) is 19.4. The first-order valence-electron chi connectivity index (χ1n) is 8.40. The zero-order valence-electron chi connectivity index (χ0n) is 15.6. The summed E-state index contributed by atoms with van der Waals surface area (Å²) in [5, 5.41) is 6.39. The molecular weight excluding hydrogens is 380 g/mol. The van der Waals surface area contributed by atoms with Crippen LogP contribution in [0, 0.1) is 6.92 Å². The van der Waals surface area contributed by atoms with Crippen LogP contribution in [-0.2, 0) is 0 Å². The monoisotopic (exact) mass is 398 g/mol. The van der Waals surface area contributed by atoms with Crippen LogP contribution < -0.4 is 20.1 Å². The van der Waals surface area contributed by atoms with E-state index in [0.717, 1.165) is 0 Å². The molecule has 0 unspecified atom stereocenters. The van der Waals surface area contributed by atoms with Crippen LogP contribution in [0.25, 0.3) is 0 Å². The van der Waals surface area contributed by atoms with Gasteiger partial charge in [0, 0.05) is 28.2 Å². The number of nitrogens with one attached hydrogen (secondary N) is 2. The Kier molecular flexibility index (Phi) is 5.96. The van der Waals surface area contributed by atoms with Gasteiger partial charge in [0.15, 0.2) is 11.5 Å². The number of aryl methyl sites for hydroxylation is 1. The molecule has 0 radical (unpaired) electrons. The fourth-order valence-electron chi connectivity index (χ4n) is 2.55. The highest BCUT2D eigenvalue weighted by atomic mass is 35.5. The summed E-state index contributed by atoms with van der Waals surface area (Å²) >= 11 is 5.96. The second kappa shape index (κ2) is 8.58. The first-order valence-corrected chi connectivity index (χ1v) is 8.78. The van der Waals surface area contributed by atoms with Crippen molar-refractivity contribution in [2.24, 2.45) is 0 Å². The molecule has 2 aromatic carbocycles. The third-order valence-electron chi connectivity index (χ3n) is 3.81. The third kappa shape index (κ3) is 4.69. The van der Waals surface area contributed by atoms with Crippen molar-refractivity contribution in [3.8, 4) is 11.5 Å². The number of anilines is 3. The van der Waals surface area contributed by atoms with Gasteiger partial charge in [-0.3, -0.25) is 4.79 Å². The lowest BCUT2D eigenvalue weighted by atomic mass is 10.2.